The first-order chi connectivity index (χ1) is 5.84. The molecule has 0 aliphatic carbocycles. The van der Waals surface area contributed by atoms with Gasteiger partial charge in [-0.05, 0) is 26.0 Å². The van der Waals surface area contributed by atoms with Crippen molar-refractivity contribution in [2.24, 2.45) is 5.73 Å². The molecule has 0 spiro atoms. The number of hydrogen-bond donors (Lipinski definition) is 4. The van der Waals surface area contributed by atoms with Gasteiger partial charge in [0.1, 0.15) is 0 Å². The highest BCUT2D eigenvalue weighted by molar-refractivity contribution is 5.54. The maximum atomic E-state index is 9.42. The van der Waals surface area contributed by atoms with Crippen LogP contribution >= 0.6 is 0 Å². The third kappa shape index (κ3) is 1.67. The average molecular weight is 183 g/mol. The fraction of sp³-hybridized carbons (Fsp3) is 0.333. The van der Waals surface area contributed by atoms with Gasteiger partial charge in [-0.2, -0.15) is 0 Å². The molecule has 0 saturated heterocycles. The smallest absolute Gasteiger partial charge is 0.200 e. The lowest BCUT2D eigenvalue weighted by molar-refractivity contribution is 0.357. The summed E-state index contributed by atoms with van der Waals surface area (Å²) in [7, 11) is 0. The Bertz CT molecular complexity index is 328. The van der Waals surface area contributed by atoms with Crippen LogP contribution in [0.5, 0.6) is 17.2 Å². The van der Waals surface area contributed by atoms with Crippen LogP contribution in [0.1, 0.15) is 19.4 Å². The topological polar surface area (TPSA) is 86.7 Å². The van der Waals surface area contributed by atoms with Gasteiger partial charge in [0.15, 0.2) is 11.5 Å². The molecule has 0 heterocycles. The van der Waals surface area contributed by atoms with Crippen LogP contribution in [0, 0.1) is 0 Å². The summed E-state index contributed by atoms with van der Waals surface area (Å²) in [5.74, 6) is -1.26. The van der Waals surface area contributed by atoms with Gasteiger partial charge in [0.25, 0.3) is 0 Å². The van der Waals surface area contributed by atoms with E-state index in [2.05, 4.69) is 0 Å². The Morgan fingerprint density at radius 2 is 1.62 bits per heavy atom. The van der Waals surface area contributed by atoms with E-state index in [1.807, 2.05) is 0 Å². The molecule has 1 aromatic carbocycles. The van der Waals surface area contributed by atoms with Gasteiger partial charge in [-0.1, -0.05) is 0 Å². The molecule has 0 amide bonds. The first-order valence-corrected chi connectivity index (χ1v) is 3.87. The zero-order chi connectivity index (χ0) is 10.2. The number of phenolic OH excluding ortho intramolecular Hbond substituents is 3. The molecule has 1 aromatic rings. The minimum atomic E-state index is -0.755. The number of rotatable bonds is 1. The van der Waals surface area contributed by atoms with Gasteiger partial charge < -0.3 is 21.1 Å². The summed E-state index contributed by atoms with van der Waals surface area (Å²) >= 11 is 0. The normalized spacial score (nSPS) is 11.6. The molecule has 4 heteroatoms. The number of phenols is 3. The van der Waals surface area contributed by atoms with E-state index < -0.39 is 11.3 Å². The highest BCUT2D eigenvalue weighted by atomic mass is 16.3. The van der Waals surface area contributed by atoms with Crippen molar-refractivity contribution < 1.29 is 15.3 Å². The average Bonchev–Trinajstić information content (AvgIpc) is 1.98. The number of hydrogen-bond acceptors (Lipinski definition) is 4. The quantitative estimate of drug-likeness (QED) is 0.489. The van der Waals surface area contributed by atoms with Gasteiger partial charge >= 0.3 is 0 Å². The van der Waals surface area contributed by atoms with E-state index >= 15 is 0 Å². The van der Waals surface area contributed by atoms with Gasteiger partial charge in [0, 0.05) is 11.1 Å². The first kappa shape index (κ1) is 9.67. The Morgan fingerprint density at radius 1 is 1.08 bits per heavy atom. The molecular weight excluding hydrogens is 170 g/mol. The summed E-state index contributed by atoms with van der Waals surface area (Å²) in [5, 5.41) is 27.7. The molecule has 4 nitrogen and oxygen atoms in total. The molecule has 0 radical (unpaired) electrons. The van der Waals surface area contributed by atoms with Gasteiger partial charge in [0.05, 0.1) is 0 Å². The van der Waals surface area contributed by atoms with Crippen molar-refractivity contribution in [1.29, 1.82) is 0 Å². The van der Waals surface area contributed by atoms with E-state index in [9.17, 15) is 10.2 Å². The third-order valence-corrected chi connectivity index (χ3v) is 1.82. The molecule has 5 N–H and O–H groups in total. The van der Waals surface area contributed by atoms with Gasteiger partial charge in [0.2, 0.25) is 5.75 Å². The fourth-order valence-corrected chi connectivity index (χ4v) is 1.09. The summed E-state index contributed by atoms with van der Waals surface area (Å²) in [5.41, 5.74) is 5.36. The van der Waals surface area contributed by atoms with Crippen LogP contribution in [0.3, 0.4) is 0 Å². The summed E-state index contributed by atoms with van der Waals surface area (Å²) in [6.07, 6.45) is 0. The van der Waals surface area contributed by atoms with Gasteiger partial charge in [-0.3, -0.25) is 0 Å². The third-order valence-electron chi connectivity index (χ3n) is 1.82. The molecular formula is C9H13NO3. The lowest BCUT2D eigenvalue weighted by Gasteiger charge is -2.20. The van der Waals surface area contributed by atoms with E-state index in [4.69, 9.17) is 10.8 Å². The van der Waals surface area contributed by atoms with Gasteiger partial charge in [-0.15, -0.1) is 0 Å². The largest absolute Gasteiger partial charge is 0.504 e. The van der Waals surface area contributed by atoms with Crippen LogP contribution in [0.4, 0.5) is 0 Å². The van der Waals surface area contributed by atoms with E-state index in [-0.39, 0.29) is 11.5 Å². The van der Waals surface area contributed by atoms with Crippen molar-refractivity contribution in [2.75, 3.05) is 0 Å². The second-order valence-electron chi connectivity index (χ2n) is 3.55. The minimum Gasteiger partial charge on any atom is -0.504 e. The highest BCUT2D eigenvalue weighted by Gasteiger charge is 2.21. The lowest BCUT2D eigenvalue weighted by atomic mass is 9.94. The van der Waals surface area contributed by atoms with Crippen molar-refractivity contribution in [3.63, 3.8) is 0 Å². The van der Waals surface area contributed by atoms with Gasteiger partial charge in [-0.25, -0.2) is 0 Å². The van der Waals surface area contributed by atoms with Crippen LogP contribution < -0.4 is 5.73 Å². The predicted octanol–water partition coefficient (Wildman–Crippen LogP) is 0.997. The maximum Gasteiger partial charge on any atom is 0.200 e. The number of aromatic hydroxyl groups is 3. The molecule has 13 heavy (non-hydrogen) atoms. The summed E-state index contributed by atoms with van der Waals surface area (Å²) in [6, 6.07) is 2.77. The second-order valence-corrected chi connectivity index (χ2v) is 3.55. The van der Waals surface area contributed by atoms with E-state index in [0.29, 0.717) is 5.56 Å². The van der Waals surface area contributed by atoms with Crippen molar-refractivity contribution >= 4 is 0 Å². The molecule has 0 saturated carbocycles. The standard InChI is InChI=1S/C9H13NO3/c1-9(2,10)5-3-4-6(11)8(13)7(5)12/h3-4,11-13H,10H2,1-2H3. The van der Waals surface area contributed by atoms with Crippen LogP contribution in [0.2, 0.25) is 0 Å². The Balaban J connectivity index is 3.35. The molecule has 0 bridgehead atoms. The number of benzene rings is 1. The zero-order valence-corrected chi connectivity index (χ0v) is 7.57. The molecule has 72 valence electrons. The van der Waals surface area contributed by atoms with Crippen LogP contribution in [-0.4, -0.2) is 15.3 Å². The minimum absolute atomic E-state index is 0.356. The van der Waals surface area contributed by atoms with E-state index in [1.165, 1.54) is 12.1 Å². The maximum absolute atomic E-state index is 9.42. The van der Waals surface area contributed by atoms with Crippen LogP contribution in [-0.2, 0) is 5.54 Å². The molecule has 0 aliphatic rings. The SMILES string of the molecule is CC(C)(N)c1ccc(O)c(O)c1O. The summed E-state index contributed by atoms with van der Waals surface area (Å²) in [4.78, 5) is 0. The Morgan fingerprint density at radius 3 is 2.08 bits per heavy atom. The van der Waals surface area contributed by atoms with Crippen molar-refractivity contribution in [3.8, 4) is 17.2 Å². The number of nitrogens with two attached hydrogens (primary N) is 1. The van der Waals surface area contributed by atoms with Crippen molar-refractivity contribution in [3.05, 3.63) is 17.7 Å². The predicted molar refractivity (Wildman–Crippen MR) is 48.6 cm³/mol. The van der Waals surface area contributed by atoms with E-state index in [0.717, 1.165) is 0 Å². The Kier molecular flexibility index (Phi) is 2.09. The van der Waals surface area contributed by atoms with Crippen molar-refractivity contribution in [2.45, 2.75) is 19.4 Å². The molecule has 1 rings (SSSR count). The van der Waals surface area contributed by atoms with Crippen LogP contribution in [0.15, 0.2) is 12.1 Å². The van der Waals surface area contributed by atoms with Crippen molar-refractivity contribution in [1.82, 2.24) is 0 Å². The first-order valence-electron chi connectivity index (χ1n) is 3.87. The fourth-order valence-electron chi connectivity index (χ4n) is 1.09. The Labute approximate surface area is 76.2 Å². The molecule has 0 atom stereocenters. The highest BCUT2D eigenvalue weighted by Crippen LogP contribution is 2.40. The molecule has 0 aromatic heterocycles. The zero-order valence-electron chi connectivity index (χ0n) is 7.57. The monoisotopic (exact) mass is 183 g/mol. The van der Waals surface area contributed by atoms with Crippen LogP contribution in [0.25, 0.3) is 0 Å². The van der Waals surface area contributed by atoms with E-state index in [1.54, 1.807) is 13.8 Å². The Hall–Kier alpha value is -1.42. The molecule has 0 aliphatic heterocycles. The molecule has 0 unspecified atom stereocenters. The summed E-state index contributed by atoms with van der Waals surface area (Å²) < 4.78 is 0. The molecule has 0 fully saturated rings. The second kappa shape index (κ2) is 2.81. The lowest BCUT2D eigenvalue weighted by Crippen LogP contribution is -2.28. The summed E-state index contributed by atoms with van der Waals surface area (Å²) in [6.45, 7) is 3.39.